The van der Waals surface area contributed by atoms with Crippen LogP contribution in [0.25, 0.3) is 0 Å². The molecule has 0 saturated heterocycles. The van der Waals surface area contributed by atoms with Crippen LogP contribution in [0.4, 0.5) is 0 Å². The van der Waals surface area contributed by atoms with Gasteiger partial charge in [-0.25, -0.2) is 0 Å². The van der Waals surface area contributed by atoms with Crippen molar-refractivity contribution in [3.05, 3.63) is 0 Å². The molecule has 2 aliphatic rings. The Hall–Kier alpha value is -0.240. The lowest BCUT2D eigenvalue weighted by atomic mass is 9.92. The molecule has 0 heterocycles. The molecule has 0 radical (unpaired) electrons. The van der Waals surface area contributed by atoms with E-state index in [0.29, 0.717) is 19.3 Å². The van der Waals surface area contributed by atoms with E-state index in [1.165, 1.54) is 0 Å². The number of rotatable bonds is 1. The minimum Gasteiger partial charge on any atom is -0.396 e. The summed E-state index contributed by atoms with van der Waals surface area (Å²) in [5.74, 6) is -0.0972. The van der Waals surface area contributed by atoms with Crippen LogP contribution in [0, 0.1) is 5.92 Å². The summed E-state index contributed by atoms with van der Waals surface area (Å²) in [5, 5.41) is 53.4. The maximum Gasteiger partial charge on any atom is 0.106 e. The molecule has 108 valence electrons. The quantitative estimate of drug-likeness (QED) is 0.338. The average Bonchev–Trinajstić information content (AvgIpc) is 2.67. The van der Waals surface area contributed by atoms with Gasteiger partial charge in [-0.2, -0.15) is 0 Å². The van der Waals surface area contributed by atoms with E-state index < -0.39 is 30.5 Å². The van der Waals surface area contributed by atoms with Crippen molar-refractivity contribution in [1.29, 1.82) is 0 Å². The molecule has 6 nitrogen and oxygen atoms in total. The lowest BCUT2D eigenvalue weighted by molar-refractivity contribution is -0.0843. The van der Waals surface area contributed by atoms with Gasteiger partial charge in [-0.1, -0.05) is 0 Å². The molecule has 0 aromatic carbocycles. The van der Waals surface area contributed by atoms with Gasteiger partial charge in [0.1, 0.15) is 6.10 Å². The monoisotopic (exact) mass is 264 g/mol. The van der Waals surface area contributed by atoms with Gasteiger partial charge >= 0.3 is 0 Å². The number of hydrogen-bond acceptors (Lipinski definition) is 6. The van der Waals surface area contributed by atoms with Crippen LogP contribution in [0.5, 0.6) is 0 Å². The number of aliphatic hydroxyl groups excluding tert-OH is 6. The fraction of sp³-hybridized carbons (Fsp3) is 1.00. The van der Waals surface area contributed by atoms with Crippen molar-refractivity contribution < 1.29 is 30.6 Å². The largest absolute Gasteiger partial charge is 0.396 e. The van der Waals surface area contributed by atoms with E-state index in [2.05, 4.69) is 0 Å². The maximum absolute atomic E-state index is 9.05. The van der Waals surface area contributed by atoms with Gasteiger partial charge in [0, 0.05) is 12.5 Å². The zero-order chi connectivity index (χ0) is 13.7. The van der Waals surface area contributed by atoms with Crippen LogP contribution in [0.1, 0.15) is 32.1 Å². The zero-order valence-electron chi connectivity index (χ0n) is 10.4. The van der Waals surface area contributed by atoms with Crippen LogP contribution < -0.4 is 0 Å². The van der Waals surface area contributed by atoms with Gasteiger partial charge in [0.05, 0.1) is 24.4 Å². The highest BCUT2D eigenvalue weighted by Crippen LogP contribution is 2.25. The molecule has 2 aliphatic carbocycles. The van der Waals surface area contributed by atoms with Crippen molar-refractivity contribution in [3.63, 3.8) is 0 Å². The SMILES string of the molecule is OC1[C@H](O)CCC[C@@H]1O.OC[C@H]1CC[C@@H](O)[C@@H]1O. The Morgan fingerprint density at radius 3 is 1.44 bits per heavy atom. The van der Waals surface area contributed by atoms with Crippen LogP contribution in [0.2, 0.25) is 0 Å². The van der Waals surface area contributed by atoms with Gasteiger partial charge in [0.15, 0.2) is 0 Å². The highest BCUT2D eigenvalue weighted by Gasteiger charge is 2.32. The van der Waals surface area contributed by atoms with Crippen molar-refractivity contribution in [1.82, 2.24) is 0 Å². The zero-order valence-corrected chi connectivity index (χ0v) is 10.4. The molecular weight excluding hydrogens is 240 g/mol. The van der Waals surface area contributed by atoms with E-state index in [1.807, 2.05) is 0 Å². The molecular formula is C12H24O6. The van der Waals surface area contributed by atoms with Crippen molar-refractivity contribution in [2.24, 2.45) is 5.92 Å². The predicted molar refractivity (Wildman–Crippen MR) is 63.7 cm³/mol. The van der Waals surface area contributed by atoms with Gasteiger partial charge in [-0.15, -0.1) is 0 Å². The Morgan fingerprint density at radius 2 is 1.17 bits per heavy atom. The van der Waals surface area contributed by atoms with Gasteiger partial charge in [-0.3, -0.25) is 0 Å². The molecule has 6 atom stereocenters. The predicted octanol–water partition coefficient (Wildman–Crippen LogP) is -1.64. The van der Waals surface area contributed by atoms with Gasteiger partial charge in [-0.05, 0) is 32.1 Å². The van der Waals surface area contributed by atoms with E-state index in [1.54, 1.807) is 0 Å². The third kappa shape index (κ3) is 4.15. The first kappa shape index (κ1) is 15.8. The lowest BCUT2D eigenvalue weighted by Gasteiger charge is -2.27. The summed E-state index contributed by atoms with van der Waals surface area (Å²) in [7, 11) is 0. The summed E-state index contributed by atoms with van der Waals surface area (Å²) in [6, 6.07) is 0. The van der Waals surface area contributed by atoms with E-state index >= 15 is 0 Å². The first-order valence-corrected chi connectivity index (χ1v) is 6.48. The normalized spacial score (nSPS) is 44.3. The van der Waals surface area contributed by atoms with E-state index in [0.717, 1.165) is 12.8 Å². The number of hydrogen-bond donors (Lipinski definition) is 6. The van der Waals surface area contributed by atoms with Crippen LogP contribution in [-0.4, -0.2) is 67.8 Å². The Labute approximate surface area is 107 Å². The average molecular weight is 264 g/mol. The summed E-state index contributed by atoms with van der Waals surface area (Å²) in [5.41, 5.74) is 0. The first-order valence-electron chi connectivity index (χ1n) is 6.48. The molecule has 0 spiro atoms. The summed E-state index contributed by atoms with van der Waals surface area (Å²) in [6.07, 6.45) is -0.278. The Kier molecular flexibility index (Phi) is 6.48. The summed E-state index contributed by atoms with van der Waals surface area (Å²) in [4.78, 5) is 0. The van der Waals surface area contributed by atoms with Crippen molar-refractivity contribution in [2.45, 2.75) is 62.6 Å². The number of aliphatic hydroxyl groups is 6. The molecule has 0 aromatic heterocycles. The second-order valence-electron chi connectivity index (χ2n) is 5.13. The third-order valence-electron chi connectivity index (χ3n) is 3.73. The van der Waals surface area contributed by atoms with Gasteiger partial charge in [0.2, 0.25) is 0 Å². The fourth-order valence-electron chi connectivity index (χ4n) is 2.37. The minimum atomic E-state index is -0.918. The maximum atomic E-state index is 9.05. The van der Waals surface area contributed by atoms with Crippen molar-refractivity contribution >= 4 is 0 Å². The smallest absolute Gasteiger partial charge is 0.106 e. The van der Waals surface area contributed by atoms with Gasteiger partial charge in [0.25, 0.3) is 0 Å². The van der Waals surface area contributed by atoms with Crippen LogP contribution in [-0.2, 0) is 0 Å². The molecule has 18 heavy (non-hydrogen) atoms. The molecule has 0 bridgehead atoms. The summed E-state index contributed by atoms with van der Waals surface area (Å²) >= 11 is 0. The van der Waals surface area contributed by atoms with Crippen LogP contribution >= 0.6 is 0 Å². The van der Waals surface area contributed by atoms with E-state index in [9.17, 15) is 0 Å². The molecule has 6 N–H and O–H groups in total. The van der Waals surface area contributed by atoms with Crippen LogP contribution in [0.15, 0.2) is 0 Å². The Bertz CT molecular complexity index is 227. The first-order chi connectivity index (χ1) is 8.47. The lowest BCUT2D eigenvalue weighted by Crippen LogP contribution is -2.40. The molecule has 2 fully saturated rings. The molecule has 2 saturated carbocycles. The molecule has 2 rings (SSSR count). The van der Waals surface area contributed by atoms with Gasteiger partial charge < -0.3 is 30.6 Å². The Morgan fingerprint density at radius 1 is 0.667 bits per heavy atom. The highest BCUT2D eigenvalue weighted by atomic mass is 16.4. The van der Waals surface area contributed by atoms with Crippen LogP contribution in [0.3, 0.4) is 0 Å². The van der Waals surface area contributed by atoms with E-state index in [-0.39, 0.29) is 12.5 Å². The minimum absolute atomic E-state index is 0.0156. The summed E-state index contributed by atoms with van der Waals surface area (Å²) < 4.78 is 0. The second kappa shape index (κ2) is 7.37. The molecule has 0 amide bonds. The second-order valence-corrected chi connectivity index (χ2v) is 5.13. The third-order valence-corrected chi connectivity index (χ3v) is 3.73. The molecule has 0 aromatic rings. The van der Waals surface area contributed by atoms with E-state index in [4.69, 9.17) is 30.6 Å². The van der Waals surface area contributed by atoms with Crippen molar-refractivity contribution in [2.75, 3.05) is 6.61 Å². The van der Waals surface area contributed by atoms with Crippen molar-refractivity contribution in [3.8, 4) is 0 Å². The molecule has 1 unspecified atom stereocenters. The topological polar surface area (TPSA) is 121 Å². The fourth-order valence-corrected chi connectivity index (χ4v) is 2.37. The highest BCUT2D eigenvalue weighted by molar-refractivity contribution is 4.83. The summed E-state index contributed by atoms with van der Waals surface area (Å²) in [6.45, 7) is -0.0156. The molecule has 6 heteroatoms. The molecule has 0 aliphatic heterocycles. The standard InChI is InChI=1S/2C6H12O3/c7-3-4-1-2-5(8)6(4)9;7-4-2-1-3-5(8)6(4)9/h2*4-9H,1-3H2/t4-,5-,6-;4-,5+,6?/m1./s1. The Balaban J connectivity index is 0.000000180.